The molecule has 0 saturated carbocycles. The molecule has 39 heavy (non-hydrogen) atoms. The largest absolute Gasteiger partial charge is 0.485 e. The van der Waals surface area contributed by atoms with Gasteiger partial charge in [0.25, 0.3) is 0 Å². The number of carbonyl (C=O) groups excluding carboxylic acids is 2. The lowest BCUT2D eigenvalue weighted by Gasteiger charge is -2.12. The zero-order valence-corrected chi connectivity index (χ0v) is 23.9. The topological polar surface area (TPSA) is 95.3 Å². The average Bonchev–Trinajstić information content (AvgIpc) is 3.52. The van der Waals surface area contributed by atoms with Crippen molar-refractivity contribution in [3.05, 3.63) is 88.6 Å². The zero-order chi connectivity index (χ0) is 27.9. The fourth-order valence-corrected chi connectivity index (χ4v) is 5.60. The Kier molecular flexibility index (Phi) is 9.21. The Morgan fingerprint density at radius 1 is 1.13 bits per heavy atom. The molecule has 4 rings (SSSR count). The molecule has 0 bridgehead atoms. The maximum atomic E-state index is 12.9. The second-order valence-electron chi connectivity index (χ2n) is 8.83. The van der Waals surface area contributed by atoms with Crippen LogP contribution in [0.15, 0.2) is 65.7 Å². The van der Waals surface area contributed by atoms with Crippen LogP contribution in [0.25, 0.3) is 11.1 Å². The predicted octanol–water partition coefficient (Wildman–Crippen LogP) is 6.21. The number of aryl methyl sites for hydroxylation is 2. The van der Waals surface area contributed by atoms with E-state index in [0.29, 0.717) is 33.7 Å². The minimum atomic E-state index is -0.506. The van der Waals surface area contributed by atoms with E-state index in [4.69, 9.17) is 9.47 Å². The molecule has 0 aliphatic rings. The lowest BCUT2D eigenvalue weighted by atomic mass is 10.0. The van der Waals surface area contributed by atoms with Crippen LogP contribution in [0.5, 0.6) is 5.75 Å². The summed E-state index contributed by atoms with van der Waals surface area (Å²) in [6.07, 6.45) is 1.75. The number of esters is 1. The molecule has 0 fully saturated rings. The zero-order valence-electron chi connectivity index (χ0n) is 22.3. The first-order valence-electron chi connectivity index (χ1n) is 12.2. The lowest BCUT2D eigenvalue weighted by molar-refractivity contribution is -0.113. The van der Waals surface area contributed by atoms with E-state index >= 15 is 0 Å². The van der Waals surface area contributed by atoms with Crippen molar-refractivity contribution in [2.45, 2.75) is 39.1 Å². The standard InChI is InChI=1S/C29H30N4O4S2/c1-6-14-33-24(15-37-23-9-7-8-19(3)20(23)4)31-32-29(33)39-17-25(34)30-27-26(28(35)36-5)22(16-38-27)21-12-10-18(2)11-13-21/h6-13,16H,1,14-15,17H2,2-5H3,(H,30,34). The number of hydrogen-bond acceptors (Lipinski definition) is 8. The van der Waals surface area contributed by atoms with Crippen molar-refractivity contribution in [2.24, 2.45) is 0 Å². The minimum Gasteiger partial charge on any atom is -0.485 e. The van der Waals surface area contributed by atoms with Crippen LogP contribution in [0.2, 0.25) is 0 Å². The Morgan fingerprint density at radius 3 is 2.62 bits per heavy atom. The molecule has 0 aliphatic heterocycles. The third kappa shape index (κ3) is 6.58. The fourth-order valence-electron chi connectivity index (χ4n) is 3.86. The smallest absolute Gasteiger partial charge is 0.341 e. The number of aromatic nitrogens is 3. The molecule has 202 valence electrons. The molecular weight excluding hydrogens is 532 g/mol. The van der Waals surface area contributed by atoms with Gasteiger partial charge in [0.1, 0.15) is 22.9 Å². The van der Waals surface area contributed by atoms with Crippen molar-refractivity contribution in [3.63, 3.8) is 0 Å². The van der Waals surface area contributed by atoms with Crippen LogP contribution in [-0.2, 0) is 22.7 Å². The third-order valence-electron chi connectivity index (χ3n) is 6.15. The highest BCUT2D eigenvalue weighted by molar-refractivity contribution is 7.99. The maximum Gasteiger partial charge on any atom is 0.341 e. The Bertz CT molecular complexity index is 1490. The van der Waals surface area contributed by atoms with Crippen LogP contribution in [0.4, 0.5) is 5.00 Å². The third-order valence-corrected chi connectivity index (χ3v) is 8.01. The second-order valence-corrected chi connectivity index (χ2v) is 10.7. The molecule has 10 heteroatoms. The van der Waals surface area contributed by atoms with E-state index in [9.17, 15) is 9.59 Å². The predicted molar refractivity (Wildman–Crippen MR) is 156 cm³/mol. The number of ether oxygens (including phenoxy) is 2. The van der Waals surface area contributed by atoms with Crippen molar-refractivity contribution in [1.29, 1.82) is 0 Å². The fraction of sp³-hybridized carbons (Fsp3) is 0.241. The minimum absolute atomic E-state index is 0.0749. The van der Waals surface area contributed by atoms with Crippen molar-refractivity contribution < 1.29 is 19.1 Å². The van der Waals surface area contributed by atoms with Crippen LogP contribution in [0, 0.1) is 20.8 Å². The molecule has 0 radical (unpaired) electrons. The monoisotopic (exact) mass is 562 g/mol. The van der Waals surface area contributed by atoms with E-state index in [1.54, 1.807) is 6.08 Å². The Labute approximate surface area is 236 Å². The van der Waals surface area contributed by atoms with Gasteiger partial charge in [0.2, 0.25) is 5.91 Å². The molecule has 2 aromatic heterocycles. The SMILES string of the molecule is C=CCn1c(COc2cccc(C)c2C)nnc1SCC(=O)Nc1scc(-c2ccc(C)cc2)c1C(=O)OC. The summed E-state index contributed by atoms with van der Waals surface area (Å²) >= 11 is 2.54. The molecule has 0 saturated heterocycles. The van der Waals surface area contributed by atoms with E-state index in [1.807, 2.05) is 73.2 Å². The molecular formula is C29H30N4O4S2. The molecule has 2 aromatic carbocycles. The Hall–Kier alpha value is -3.89. The highest BCUT2D eigenvalue weighted by atomic mass is 32.2. The quantitative estimate of drug-likeness (QED) is 0.132. The van der Waals surface area contributed by atoms with E-state index < -0.39 is 5.97 Å². The Balaban J connectivity index is 1.45. The number of nitrogens with zero attached hydrogens (tertiary/aromatic N) is 3. The summed E-state index contributed by atoms with van der Waals surface area (Å²) in [5.41, 5.74) is 5.27. The molecule has 0 spiro atoms. The first-order valence-corrected chi connectivity index (χ1v) is 14.1. The van der Waals surface area contributed by atoms with Gasteiger partial charge in [-0.2, -0.15) is 0 Å². The van der Waals surface area contributed by atoms with E-state index in [2.05, 4.69) is 22.1 Å². The van der Waals surface area contributed by atoms with E-state index in [1.165, 1.54) is 30.2 Å². The number of amides is 1. The van der Waals surface area contributed by atoms with Crippen LogP contribution in [0.1, 0.15) is 32.9 Å². The van der Waals surface area contributed by atoms with Crippen LogP contribution in [-0.4, -0.2) is 39.5 Å². The highest BCUT2D eigenvalue weighted by Gasteiger charge is 2.23. The number of rotatable bonds is 11. The molecule has 1 amide bonds. The molecule has 4 aromatic rings. The first kappa shape index (κ1) is 28.1. The number of thiophene rings is 1. The maximum absolute atomic E-state index is 12.9. The number of hydrogen-bond donors (Lipinski definition) is 1. The summed E-state index contributed by atoms with van der Waals surface area (Å²) in [5.74, 6) is 0.718. The van der Waals surface area contributed by atoms with Gasteiger partial charge in [-0.15, -0.1) is 28.1 Å². The van der Waals surface area contributed by atoms with Crippen molar-refractivity contribution in [3.8, 4) is 16.9 Å². The average molecular weight is 563 g/mol. The summed E-state index contributed by atoms with van der Waals surface area (Å²) in [7, 11) is 1.33. The van der Waals surface area contributed by atoms with Gasteiger partial charge in [-0.05, 0) is 43.5 Å². The van der Waals surface area contributed by atoms with Gasteiger partial charge in [-0.25, -0.2) is 4.79 Å². The lowest BCUT2D eigenvalue weighted by Crippen LogP contribution is -2.16. The normalized spacial score (nSPS) is 10.8. The number of thioether (sulfide) groups is 1. The van der Waals surface area contributed by atoms with Gasteiger partial charge in [0.15, 0.2) is 11.0 Å². The summed E-state index contributed by atoms with van der Waals surface area (Å²) < 4.78 is 12.9. The van der Waals surface area contributed by atoms with Gasteiger partial charge >= 0.3 is 5.97 Å². The molecule has 2 heterocycles. The van der Waals surface area contributed by atoms with Gasteiger partial charge in [0.05, 0.1) is 12.9 Å². The van der Waals surface area contributed by atoms with E-state index in [0.717, 1.165) is 28.0 Å². The van der Waals surface area contributed by atoms with Crippen molar-refractivity contribution in [2.75, 3.05) is 18.2 Å². The summed E-state index contributed by atoms with van der Waals surface area (Å²) in [6, 6.07) is 13.8. The summed E-state index contributed by atoms with van der Waals surface area (Å²) in [5, 5.41) is 14.3. The number of carbonyl (C=O) groups is 2. The highest BCUT2D eigenvalue weighted by Crippen LogP contribution is 2.36. The number of methoxy groups -OCH3 is 1. The van der Waals surface area contributed by atoms with Crippen LogP contribution in [0.3, 0.4) is 0 Å². The Morgan fingerprint density at radius 2 is 1.90 bits per heavy atom. The molecule has 0 unspecified atom stereocenters. The van der Waals surface area contributed by atoms with Gasteiger partial charge < -0.3 is 14.8 Å². The van der Waals surface area contributed by atoms with Crippen LogP contribution >= 0.6 is 23.1 Å². The number of benzene rings is 2. The second kappa shape index (κ2) is 12.8. The van der Waals surface area contributed by atoms with Gasteiger partial charge in [-0.3, -0.25) is 9.36 Å². The summed E-state index contributed by atoms with van der Waals surface area (Å²) in [6.45, 7) is 10.6. The van der Waals surface area contributed by atoms with Crippen molar-refractivity contribution in [1.82, 2.24) is 14.8 Å². The summed E-state index contributed by atoms with van der Waals surface area (Å²) in [4.78, 5) is 25.5. The molecule has 1 N–H and O–H groups in total. The molecule has 8 nitrogen and oxygen atoms in total. The van der Waals surface area contributed by atoms with Gasteiger partial charge in [-0.1, -0.05) is 59.8 Å². The number of allylic oxidation sites excluding steroid dienone is 1. The molecule has 0 aliphatic carbocycles. The van der Waals surface area contributed by atoms with Crippen LogP contribution < -0.4 is 10.1 Å². The van der Waals surface area contributed by atoms with Crippen molar-refractivity contribution >= 4 is 40.0 Å². The van der Waals surface area contributed by atoms with E-state index in [-0.39, 0.29) is 18.3 Å². The first-order chi connectivity index (χ1) is 18.8. The van der Waals surface area contributed by atoms with Gasteiger partial charge in [0, 0.05) is 17.5 Å². The number of anilines is 1. The molecule has 0 atom stereocenters. The number of nitrogens with one attached hydrogen (secondary N) is 1.